The maximum Gasteiger partial charge on any atom is 0.196 e. The number of benzene rings is 1. The molecule has 0 unspecified atom stereocenters. The van der Waals surface area contributed by atoms with Crippen LogP contribution in [0.15, 0.2) is 29.3 Å². The molecule has 3 rings (SSSR count). The molecule has 1 fully saturated rings. The van der Waals surface area contributed by atoms with Gasteiger partial charge < -0.3 is 10.6 Å². The van der Waals surface area contributed by atoms with Crippen molar-refractivity contribution >= 4 is 11.6 Å². The first-order valence-electron chi connectivity index (χ1n) is 8.03. The van der Waals surface area contributed by atoms with Crippen molar-refractivity contribution in [3.8, 4) is 0 Å². The van der Waals surface area contributed by atoms with E-state index in [4.69, 9.17) is 10.7 Å². The van der Waals surface area contributed by atoms with Crippen molar-refractivity contribution in [3.05, 3.63) is 29.8 Å². The molecule has 1 saturated carbocycles. The molecule has 20 heavy (non-hydrogen) atoms. The molecule has 108 valence electrons. The third-order valence-corrected chi connectivity index (χ3v) is 4.53. The second kappa shape index (κ2) is 6.29. The Kier molecular flexibility index (Phi) is 4.24. The molecule has 0 amide bonds. The van der Waals surface area contributed by atoms with Crippen LogP contribution in [0.1, 0.15) is 50.5 Å². The van der Waals surface area contributed by atoms with Crippen LogP contribution in [0, 0.1) is 0 Å². The Bertz CT molecular complexity index is 475. The third kappa shape index (κ3) is 2.97. The van der Waals surface area contributed by atoms with Gasteiger partial charge in [0.25, 0.3) is 0 Å². The number of aryl methyl sites for hydroxylation is 1. The minimum atomic E-state index is 0.444. The third-order valence-electron chi connectivity index (χ3n) is 4.53. The van der Waals surface area contributed by atoms with Crippen LogP contribution in [-0.4, -0.2) is 18.5 Å². The SMILES string of the molecule is NC(=NC1CCCCC1)N1CCCCc2ccccc21. The van der Waals surface area contributed by atoms with Gasteiger partial charge in [-0.05, 0) is 43.7 Å². The molecule has 0 radical (unpaired) electrons. The van der Waals surface area contributed by atoms with E-state index < -0.39 is 0 Å². The molecule has 1 aromatic rings. The van der Waals surface area contributed by atoms with E-state index in [9.17, 15) is 0 Å². The first-order chi connectivity index (χ1) is 9.84. The molecular weight excluding hydrogens is 246 g/mol. The highest BCUT2D eigenvalue weighted by Gasteiger charge is 2.19. The van der Waals surface area contributed by atoms with Crippen molar-refractivity contribution in [2.45, 2.75) is 57.4 Å². The van der Waals surface area contributed by atoms with Crippen molar-refractivity contribution in [2.24, 2.45) is 10.7 Å². The molecule has 2 aliphatic rings. The Balaban J connectivity index is 1.83. The van der Waals surface area contributed by atoms with Gasteiger partial charge in [0.05, 0.1) is 6.04 Å². The van der Waals surface area contributed by atoms with E-state index in [1.165, 1.54) is 56.2 Å². The predicted molar refractivity (Wildman–Crippen MR) is 85.2 cm³/mol. The average molecular weight is 271 g/mol. The number of hydrogen-bond donors (Lipinski definition) is 1. The second-order valence-corrected chi connectivity index (χ2v) is 6.02. The Morgan fingerprint density at radius 1 is 1.05 bits per heavy atom. The molecule has 3 heteroatoms. The van der Waals surface area contributed by atoms with E-state index in [0.717, 1.165) is 18.9 Å². The first kappa shape index (κ1) is 13.5. The Hall–Kier alpha value is -1.51. The maximum atomic E-state index is 6.34. The molecule has 1 heterocycles. The average Bonchev–Trinajstić information content (AvgIpc) is 2.70. The fourth-order valence-electron chi connectivity index (χ4n) is 3.40. The number of guanidine groups is 1. The predicted octanol–water partition coefficient (Wildman–Crippen LogP) is 3.48. The van der Waals surface area contributed by atoms with Crippen LogP contribution in [0.25, 0.3) is 0 Å². The van der Waals surface area contributed by atoms with E-state index >= 15 is 0 Å². The van der Waals surface area contributed by atoms with E-state index in [2.05, 4.69) is 29.2 Å². The molecular formula is C17H25N3. The number of para-hydroxylation sites is 1. The van der Waals surface area contributed by atoms with Gasteiger partial charge in [-0.25, -0.2) is 4.99 Å². The van der Waals surface area contributed by atoms with Crippen LogP contribution in [0.3, 0.4) is 0 Å². The summed E-state index contributed by atoms with van der Waals surface area (Å²) >= 11 is 0. The zero-order valence-corrected chi connectivity index (χ0v) is 12.2. The smallest absolute Gasteiger partial charge is 0.196 e. The van der Waals surface area contributed by atoms with Crippen LogP contribution in [-0.2, 0) is 6.42 Å². The lowest BCUT2D eigenvalue weighted by molar-refractivity contribution is 0.442. The number of aliphatic imine (C=N–C) groups is 1. The fraction of sp³-hybridized carbons (Fsp3) is 0.588. The van der Waals surface area contributed by atoms with Crippen LogP contribution in [0.4, 0.5) is 5.69 Å². The molecule has 0 atom stereocenters. The fourth-order valence-corrected chi connectivity index (χ4v) is 3.40. The van der Waals surface area contributed by atoms with Crippen molar-refractivity contribution in [1.29, 1.82) is 0 Å². The van der Waals surface area contributed by atoms with Gasteiger partial charge in [-0.1, -0.05) is 37.5 Å². The Morgan fingerprint density at radius 2 is 1.85 bits per heavy atom. The van der Waals surface area contributed by atoms with Crippen LogP contribution in [0.5, 0.6) is 0 Å². The first-order valence-corrected chi connectivity index (χ1v) is 8.03. The summed E-state index contributed by atoms with van der Waals surface area (Å²) in [7, 11) is 0. The lowest BCUT2D eigenvalue weighted by Gasteiger charge is -2.26. The quantitative estimate of drug-likeness (QED) is 0.627. The van der Waals surface area contributed by atoms with Crippen molar-refractivity contribution in [2.75, 3.05) is 11.4 Å². The number of nitrogens with two attached hydrogens (primary N) is 1. The summed E-state index contributed by atoms with van der Waals surface area (Å²) < 4.78 is 0. The number of fused-ring (bicyclic) bond motifs is 1. The highest BCUT2D eigenvalue weighted by molar-refractivity contribution is 5.95. The summed E-state index contributed by atoms with van der Waals surface area (Å²) in [5.74, 6) is 0.728. The molecule has 3 nitrogen and oxygen atoms in total. The maximum absolute atomic E-state index is 6.34. The lowest BCUT2D eigenvalue weighted by atomic mass is 9.96. The van der Waals surface area contributed by atoms with Crippen LogP contribution >= 0.6 is 0 Å². The van der Waals surface area contributed by atoms with Crippen molar-refractivity contribution in [1.82, 2.24) is 0 Å². The van der Waals surface area contributed by atoms with E-state index in [-0.39, 0.29) is 0 Å². The molecule has 0 bridgehead atoms. The summed E-state index contributed by atoms with van der Waals surface area (Å²) in [5, 5.41) is 0. The molecule has 1 aliphatic heterocycles. The largest absolute Gasteiger partial charge is 0.370 e. The second-order valence-electron chi connectivity index (χ2n) is 6.02. The van der Waals surface area contributed by atoms with E-state index in [1.807, 2.05) is 0 Å². The zero-order valence-electron chi connectivity index (χ0n) is 12.2. The van der Waals surface area contributed by atoms with E-state index in [0.29, 0.717) is 6.04 Å². The monoisotopic (exact) mass is 271 g/mol. The summed E-state index contributed by atoms with van der Waals surface area (Å²) in [6.45, 7) is 0.999. The molecule has 1 aliphatic carbocycles. The van der Waals surface area contributed by atoms with Gasteiger partial charge in [-0.2, -0.15) is 0 Å². The summed E-state index contributed by atoms with van der Waals surface area (Å²) in [6.07, 6.45) is 9.96. The molecule has 0 aromatic heterocycles. The Labute approximate surface area is 121 Å². The molecule has 0 spiro atoms. The number of anilines is 1. The zero-order chi connectivity index (χ0) is 13.8. The summed E-state index contributed by atoms with van der Waals surface area (Å²) in [5.41, 5.74) is 9.01. The highest BCUT2D eigenvalue weighted by atomic mass is 15.3. The number of rotatable bonds is 1. The van der Waals surface area contributed by atoms with Gasteiger partial charge in [-0.3, -0.25) is 0 Å². The molecule has 2 N–H and O–H groups in total. The van der Waals surface area contributed by atoms with Gasteiger partial charge in [0.2, 0.25) is 0 Å². The minimum absolute atomic E-state index is 0.444. The summed E-state index contributed by atoms with van der Waals surface area (Å²) in [4.78, 5) is 7.05. The minimum Gasteiger partial charge on any atom is -0.370 e. The van der Waals surface area contributed by atoms with Crippen LogP contribution in [0.2, 0.25) is 0 Å². The Morgan fingerprint density at radius 3 is 2.70 bits per heavy atom. The number of hydrogen-bond acceptors (Lipinski definition) is 1. The van der Waals surface area contributed by atoms with Crippen LogP contribution < -0.4 is 10.6 Å². The van der Waals surface area contributed by atoms with Gasteiger partial charge in [-0.15, -0.1) is 0 Å². The topological polar surface area (TPSA) is 41.6 Å². The van der Waals surface area contributed by atoms with Gasteiger partial charge >= 0.3 is 0 Å². The standard InChI is InChI=1S/C17H25N3/c18-17(19-15-10-2-1-3-11-15)20-13-7-6-9-14-8-4-5-12-16(14)20/h4-5,8,12,15H,1-3,6-7,9-11,13H2,(H2,18,19). The number of nitrogens with zero attached hydrogens (tertiary/aromatic N) is 2. The summed E-state index contributed by atoms with van der Waals surface area (Å²) in [6, 6.07) is 9.08. The normalized spacial score (nSPS) is 21.4. The lowest BCUT2D eigenvalue weighted by Crippen LogP contribution is -2.39. The van der Waals surface area contributed by atoms with Gasteiger partial charge in [0.1, 0.15) is 0 Å². The van der Waals surface area contributed by atoms with Gasteiger partial charge in [0, 0.05) is 12.2 Å². The highest BCUT2D eigenvalue weighted by Crippen LogP contribution is 2.27. The molecule has 0 saturated heterocycles. The van der Waals surface area contributed by atoms with Crippen molar-refractivity contribution in [3.63, 3.8) is 0 Å². The molecule has 1 aromatic carbocycles. The van der Waals surface area contributed by atoms with E-state index in [1.54, 1.807) is 0 Å². The van der Waals surface area contributed by atoms with Gasteiger partial charge in [0.15, 0.2) is 5.96 Å². The van der Waals surface area contributed by atoms with Crippen molar-refractivity contribution < 1.29 is 0 Å².